The van der Waals surface area contributed by atoms with Gasteiger partial charge in [-0.2, -0.15) is 0 Å². The number of nitrogens with one attached hydrogen (secondary N) is 1. The molecule has 1 aliphatic heterocycles. The molecule has 0 saturated carbocycles. The van der Waals surface area contributed by atoms with E-state index in [1.807, 2.05) is 42.6 Å². The van der Waals surface area contributed by atoms with Crippen molar-refractivity contribution in [2.45, 2.75) is 5.60 Å². The largest absolute Gasteiger partial charge is 0.380 e. The maximum atomic E-state index is 10.3. The van der Waals surface area contributed by atoms with Crippen LogP contribution in [0.4, 0.5) is 0 Å². The molecule has 106 valence electrons. The van der Waals surface area contributed by atoms with E-state index >= 15 is 0 Å². The van der Waals surface area contributed by atoms with Crippen molar-refractivity contribution in [2.75, 3.05) is 13.2 Å². The Labute approximate surface area is 127 Å². The van der Waals surface area contributed by atoms with E-state index in [1.54, 1.807) is 0 Å². The van der Waals surface area contributed by atoms with Crippen molar-refractivity contribution in [1.82, 2.24) is 4.98 Å². The molecule has 21 heavy (non-hydrogen) atoms. The van der Waals surface area contributed by atoms with E-state index in [-0.39, 0.29) is 0 Å². The highest BCUT2D eigenvalue weighted by Gasteiger charge is 2.37. The molecular weight excluding hydrogens is 286 g/mol. The summed E-state index contributed by atoms with van der Waals surface area (Å²) in [5.41, 5.74) is 3.12. The minimum atomic E-state index is -0.826. The molecule has 0 radical (unpaired) electrons. The van der Waals surface area contributed by atoms with Crippen molar-refractivity contribution in [1.29, 1.82) is 0 Å². The summed E-state index contributed by atoms with van der Waals surface area (Å²) in [5.74, 6) is 0. The number of fused-ring (bicyclic) bond motifs is 1. The average molecular weight is 300 g/mol. The summed E-state index contributed by atoms with van der Waals surface area (Å²) in [6.07, 6.45) is 1.90. The first kappa shape index (κ1) is 12.9. The number of halogens is 1. The van der Waals surface area contributed by atoms with E-state index in [9.17, 15) is 5.11 Å². The van der Waals surface area contributed by atoms with Crippen molar-refractivity contribution < 1.29 is 9.84 Å². The predicted octanol–water partition coefficient (Wildman–Crippen LogP) is 3.71. The van der Waals surface area contributed by atoms with E-state index in [0.717, 1.165) is 27.6 Å². The lowest BCUT2D eigenvalue weighted by Crippen LogP contribution is -2.46. The fourth-order valence-electron chi connectivity index (χ4n) is 2.72. The molecule has 1 fully saturated rings. The third kappa shape index (κ3) is 2.05. The van der Waals surface area contributed by atoms with Gasteiger partial charge in [-0.25, -0.2) is 0 Å². The highest BCUT2D eigenvalue weighted by molar-refractivity contribution is 6.34. The van der Waals surface area contributed by atoms with E-state index in [2.05, 4.69) is 11.1 Å². The molecule has 3 aromatic rings. The Morgan fingerprint density at radius 1 is 1.10 bits per heavy atom. The fraction of sp³-hybridized carbons (Fsp3) is 0.176. The summed E-state index contributed by atoms with van der Waals surface area (Å²) in [4.78, 5) is 3.15. The van der Waals surface area contributed by atoms with Gasteiger partial charge in [-0.1, -0.05) is 35.9 Å². The summed E-state index contributed by atoms with van der Waals surface area (Å²) >= 11 is 6.37. The number of aliphatic hydroxyl groups is 1. The number of rotatable bonds is 2. The number of aromatic nitrogens is 1. The number of hydrogen-bond acceptors (Lipinski definition) is 2. The molecule has 0 spiro atoms. The molecule has 2 N–H and O–H groups in total. The predicted molar refractivity (Wildman–Crippen MR) is 83.5 cm³/mol. The number of ether oxygens (including phenoxy) is 1. The first-order chi connectivity index (χ1) is 10.2. The van der Waals surface area contributed by atoms with Gasteiger partial charge in [-0.15, -0.1) is 0 Å². The Bertz CT molecular complexity index is 803. The van der Waals surface area contributed by atoms with Gasteiger partial charge in [0, 0.05) is 22.7 Å². The molecule has 3 nitrogen and oxygen atoms in total. The first-order valence-electron chi connectivity index (χ1n) is 6.83. The molecule has 0 atom stereocenters. The van der Waals surface area contributed by atoms with E-state index < -0.39 is 5.60 Å². The summed E-state index contributed by atoms with van der Waals surface area (Å²) in [5, 5.41) is 12.1. The zero-order valence-corrected chi connectivity index (χ0v) is 12.0. The Hall–Kier alpha value is -1.81. The monoisotopic (exact) mass is 299 g/mol. The zero-order chi connectivity index (χ0) is 14.4. The van der Waals surface area contributed by atoms with Crippen molar-refractivity contribution in [2.24, 2.45) is 0 Å². The maximum Gasteiger partial charge on any atom is 0.136 e. The zero-order valence-electron chi connectivity index (χ0n) is 11.3. The summed E-state index contributed by atoms with van der Waals surface area (Å²) in [6, 6.07) is 13.9. The van der Waals surface area contributed by atoms with Crippen LogP contribution in [-0.2, 0) is 10.3 Å². The van der Waals surface area contributed by atoms with E-state index in [1.165, 1.54) is 0 Å². The second-order valence-corrected chi connectivity index (χ2v) is 5.91. The van der Waals surface area contributed by atoms with Crippen LogP contribution in [0.5, 0.6) is 0 Å². The third-order valence-electron chi connectivity index (χ3n) is 4.06. The average Bonchev–Trinajstić information content (AvgIpc) is 2.91. The lowest BCUT2D eigenvalue weighted by atomic mass is 9.90. The molecule has 0 aliphatic carbocycles. The minimum Gasteiger partial charge on any atom is -0.380 e. The van der Waals surface area contributed by atoms with Gasteiger partial charge in [0.2, 0.25) is 0 Å². The minimum absolute atomic E-state index is 0.364. The van der Waals surface area contributed by atoms with Gasteiger partial charge >= 0.3 is 0 Å². The molecule has 0 bridgehead atoms. The summed E-state index contributed by atoms with van der Waals surface area (Å²) in [6.45, 7) is 0.727. The van der Waals surface area contributed by atoms with Crippen LogP contribution >= 0.6 is 11.6 Å². The molecule has 2 heterocycles. The van der Waals surface area contributed by atoms with Gasteiger partial charge in [-0.05, 0) is 29.3 Å². The van der Waals surface area contributed by atoms with E-state index in [0.29, 0.717) is 18.2 Å². The molecule has 0 amide bonds. The second kappa shape index (κ2) is 4.60. The molecule has 2 aromatic carbocycles. The van der Waals surface area contributed by atoms with Gasteiger partial charge in [0.1, 0.15) is 5.60 Å². The van der Waals surface area contributed by atoms with E-state index in [4.69, 9.17) is 16.3 Å². The molecule has 4 rings (SSSR count). The Balaban J connectivity index is 1.76. The topological polar surface area (TPSA) is 45.2 Å². The molecule has 1 aliphatic rings. The smallest absolute Gasteiger partial charge is 0.136 e. The Kier molecular flexibility index (Phi) is 2.82. The molecular formula is C17H14ClNO2. The van der Waals surface area contributed by atoms with Crippen LogP contribution < -0.4 is 0 Å². The lowest BCUT2D eigenvalue weighted by molar-refractivity contribution is -0.184. The maximum absolute atomic E-state index is 10.3. The van der Waals surface area contributed by atoms with Crippen molar-refractivity contribution >= 4 is 22.5 Å². The number of H-pyrrole nitrogens is 1. The molecule has 4 heteroatoms. The summed E-state index contributed by atoms with van der Waals surface area (Å²) < 4.78 is 5.09. The summed E-state index contributed by atoms with van der Waals surface area (Å²) in [7, 11) is 0. The third-order valence-corrected chi connectivity index (χ3v) is 4.37. The van der Waals surface area contributed by atoms with Crippen molar-refractivity contribution in [3.05, 3.63) is 59.2 Å². The number of hydrogen-bond donors (Lipinski definition) is 2. The van der Waals surface area contributed by atoms with Crippen LogP contribution in [0.2, 0.25) is 5.02 Å². The molecule has 1 aromatic heterocycles. The standard InChI is InChI=1S/C17H14ClNO2/c18-15-8-16-12(5-6-19-16)7-14(15)11-1-3-13(4-2-11)17(20)9-21-10-17/h1-8,19-20H,9-10H2. The van der Waals surface area contributed by atoms with Crippen LogP contribution in [0, 0.1) is 0 Å². The second-order valence-electron chi connectivity index (χ2n) is 5.50. The van der Waals surface area contributed by atoms with Crippen LogP contribution in [0.3, 0.4) is 0 Å². The highest BCUT2D eigenvalue weighted by atomic mass is 35.5. The molecule has 1 saturated heterocycles. The van der Waals surface area contributed by atoms with Crippen LogP contribution in [0.15, 0.2) is 48.7 Å². The SMILES string of the molecule is OC1(c2ccc(-c3cc4cc[nH]c4cc3Cl)cc2)COC1. The van der Waals surface area contributed by atoms with Crippen molar-refractivity contribution in [3.8, 4) is 11.1 Å². The van der Waals surface area contributed by atoms with Crippen LogP contribution in [0.1, 0.15) is 5.56 Å². The van der Waals surface area contributed by atoms with Gasteiger partial charge in [0.15, 0.2) is 0 Å². The highest BCUT2D eigenvalue weighted by Crippen LogP contribution is 2.34. The van der Waals surface area contributed by atoms with Crippen LogP contribution in [0.25, 0.3) is 22.0 Å². The number of benzene rings is 2. The fourth-order valence-corrected chi connectivity index (χ4v) is 2.99. The first-order valence-corrected chi connectivity index (χ1v) is 7.21. The number of aromatic amines is 1. The van der Waals surface area contributed by atoms with Crippen LogP contribution in [-0.4, -0.2) is 23.3 Å². The Morgan fingerprint density at radius 2 is 1.86 bits per heavy atom. The lowest BCUT2D eigenvalue weighted by Gasteiger charge is -2.36. The Morgan fingerprint density at radius 3 is 2.52 bits per heavy atom. The van der Waals surface area contributed by atoms with Gasteiger partial charge in [-0.3, -0.25) is 0 Å². The quantitative estimate of drug-likeness (QED) is 0.758. The van der Waals surface area contributed by atoms with Crippen molar-refractivity contribution in [3.63, 3.8) is 0 Å². The molecule has 0 unspecified atom stereocenters. The van der Waals surface area contributed by atoms with Gasteiger partial charge in [0.05, 0.1) is 18.2 Å². The van der Waals surface area contributed by atoms with Gasteiger partial charge in [0.25, 0.3) is 0 Å². The normalized spacial score (nSPS) is 16.9. The van der Waals surface area contributed by atoms with Gasteiger partial charge < -0.3 is 14.8 Å².